The molecule has 2 amide bonds. The lowest BCUT2D eigenvalue weighted by Crippen LogP contribution is -2.47. The van der Waals surface area contributed by atoms with Gasteiger partial charge in [0, 0.05) is 11.7 Å². The maximum Gasteiger partial charge on any atom is 0.466 e. The average Bonchev–Trinajstić information content (AvgIpc) is 3.12. The van der Waals surface area contributed by atoms with Crippen LogP contribution in [0.25, 0.3) is 0 Å². The molecule has 0 aliphatic carbocycles. The monoisotopic (exact) mass is 401 g/mol. The number of carbonyl (C=O) groups excluding carboxylic acids is 2. The van der Waals surface area contributed by atoms with Crippen LogP contribution in [0.2, 0.25) is 0 Å². The fourth-order valence-electron chi connectivity index (χ4n) is 3.95. The Labute approximate surface area is 174 Å². The van der Waals surface area contributed by atoms with Gasteiger partial charge in [-0.3, -0.25) is 4.79 Å². The first-order valence-electron chi connectivity index (χ1n) is 10.4. The number of hydrogen-bond donors (Lipinski definition) is 0. The van der Waals surface area contributed by atoms with Crippen molar-refractivity contribution in [1.82, 2.24) is 4.90 Å². The summed E-state index contributed by atoms with van der Waals surface area (Å²) in [5.41, 5.74) is -0.0819. The third-order valence-corrected chi connectivity index (χ3v) is 6.59. The summed E-state index contributed by atoms with van der Waals surface area (Å²) < 4.78 is 17.8. The second-order valence-electron chi connectivity index (χ2n) is 9.45. The van der Waals surface area contributed by atoms with Crippen LogP contribution >= 0.6 is 0 Å². The normalized spacial score (nSPS) is 25.2. The predicted molar refractivity (Wildman–Crippen MR) is 111 cm³/mol. The maximum atomic E-state index is 13.5. The number of imide groups is 1. The van der Waals surface area contributed by atoms with Crippen molar-refractivity contribution < 1.29 is 23.6 Å². The highest BCUT2D eigenvalue weighted by Gasteiger charge is 2.56. The van der Waals surface area contributed by atoms with Gasteiger partial charge in [-0.05, 0) is 39.2 Å². The Morgan fingerprint density at radius 2 is 1.62 bits per heavy atom. The Morgan fingerprint density at radius 1 is 1.07 bits per heavy atom. The third kappa shape index (κ3) is 3.95. The van der Waals surface area contributed by atoms with Crippen molar-refractivity contribution in [3.63, 3.8) is 0 Å². The van der Waals surface area contributed by atoms with Crippen LogP contribution in [0, 0.1) is 11.8 Å². The summed E-state index contributed by atoms with van der Waals surface area (Å²) >= 11 is 0. The van der Waals surface area contributed by atoms with Crippen molar-refractivity contribution in [3.8, 4) is 0 Å². The van der Waals surface area contributed by atoms with Crippen LogP contribution in [0.15, 0.2) is 30.3 Å². The molecule has 2 heterocycles. The summed E-state index contributed by atoms with van der Waals surface area (Å²) in [7, 11) is -0.600. The average molecular weight is 401 g/mol. The largest absolute Gasteiger partial charge is 0.466 e. The maximum absolute atomic E-state index is 13.5. The van der Waals surface area contributed by atoms with Gasteiger partial charge in [0.15, 0.2) is 0 Å². The summed E-state index contributed by atoms with van der Waals surface area (Å²) in [6.07, 6.45) is -0.568. The van der Waals surface area contributed by atoms with Gasteiger partial charge in [-0.1, -0.05) is 51.1 Å². The van der Waals surface area contributed by atoms with Crippen LogP contribution in [0.4, 0.5) is 4.79 Å². The zero-order valence-electron chi connectivity index (χ0n) is 18.5. The topological polar surface area (TPSA) is 65.1 Å². The van der Waals surface area contributed by atoms with Gasteiger partial charge in [-0.25, -0.2) is 9.69 Å². The number of cyclic esters (lactones) is 1. The van der Waals surface area contributed by atoms with E-state index in [1.165, 1.54) is 4.90 Å². The predicted octanol–water partition coefficient (Wildman–Crippen LogP) is 4.04. The summed E-state index contributed by atoms with van der Waals surface area (Å²) in [6.45, 7) is 14.0. The molecule has 0 bridgehead atoms. The summed E-state index contributed by atoms with van der Waals surface area (Å²) in [5, 5.41) is 0. The molecule has 2 aliphatic heterocycles. The Balaban J connectivity index is 1.95. The van der Waals surface area contributed by atoms with Crippen molar-refractivity contribution in [2.45, 2.75) is 71.5 Å². The molecule has 1 aromatic rings. The van der Waals surface area contributed by atoms with Gasteiger partial charge in [0.25, 0.3) is 0 Å². The second-order valence-corrected chi connectivity index (χ2v) is 9.45. The van der Waals surface area contributed by atoms with E-state index in [9.17, 15) is 9.59 Å². The van der Waals surface area contributed by atoms with Crippen molar-refractivity contribution in [2.24, 2.45) is 11.8 Å². The van der Waals surface area contributed by atoms with E-state index in [0.29, 0.717) is 0 Å². The number of carbonyl (C=O) groups is 2. The van der Waals surface area contributed by atoms with Crippen molar-refractivity contribution in [2.75, 3.05) is 6.61 Å². The molecule has 0 radical (unpaired) electrons. The minimum atomic E-state index is -0.600. The van der Waals surface area contributed by atoms with E-state index in [2.05, 4.69) is 0 Å². The molecule has 2 aliphatic rings. The highest BCUT2D eigenvalue weighted by atomic mass is 16.7. The number of ether oxygens (including phenoxy) is 1. The number of amides is 2. The molecule has 2 saturated heterocycles. The highest BCUT2D eigenvalue weighted by Crippen LogP contribution is 2.43. The van der Waals surface area contributed by atoms with E-state index in [1.54, 1.807) is 0 Å². The highest BCUT2D eigenvalue weighted by molar-refractivity contribution is 6.48. The molecule has 7 heteroatoms. The van der Waals surface area contributed by atoms with Crippen LogP contribution in [0.1, 0.15) is 59.8 Å². The van der Waals surface area contributed by atoms with Crippen LogP contribution in [-0.2, 0) is 18.8 Å². The first-order chi connectivity index (χ1) is 13.5. The summed E-state index contributed by atoms with van der Waals surface area (Å²) in [6, 6.07) is 9.50. The summed E-state index contributed by atoms with van der Waals surface area (Å²) in [5.74, 6) is -1.02. The van der Waals surface area contributed by atoms with Crippen molar-refractivity contribution >= 4 is 19.1 Å². The lowest BCUT2D eigenvalue weighted by atomic mass is 9.61. The van der Waals surface area contributed by atoms with Gasteiger partial charge < -0.3 is 14.0 Å². The third-order valence-electron chi connectivity index (χ3n) is 6.59. The minimum absolute atomic E-state index is 0.115. The summed E-state index contributed by atoms with van der Waals surface area (Å²) in [4.78, 5) is 27.1. The Bertz CT molecular complexity index is 748. The molecule has 6 nitrogen and oxygen atoms in total. The lowest BCUT2D eigenvalue weighted by Gasteiger charge is -2.32. The number of rotatable bonds is 5. The molecule has 29 heavy (non-hydrogen) atoms. The first kappa shape index (κ1) is 21.8. The van der Waals surface area contributed by atoms with Crippen molar-refractivity contribution in [3.05, 3.63) is 35.9 Å². The van der Waals surface area contributed by atoms with Crippen LogP contribution < -0.4 is 0 Å². The molecule has 1 aromatic carbocycles. The van der Waals surface area contributed by atoms with E-state index < -0.39 is 30.3 Å². The van der Waals surface area contributed by atoms with Crippen LogP contribution in [-0.4, -0.2) is 47.9 Å². The molecule has 0 N–H and O–H groups in total. The SMILES string of the molecule is CC(C)[C@H]1COC(=O)N1C(=O)[C@H](C)[C@H](B1OC(C)(C)C(C)(C)O1)c1ccccc1. The first-order valence-corrected chi connectivity index (χ1v) is 10.4. The standard InChI is InChI=1S/C22H32BNO5/c1-14(2)17-13-27-20(26)24(17)19(25)15(3)18(16-11-9-8-10-12-16)23-28-21(4,5)22(6,7)29-23/h8-12,14-15,17-18H,13H2,1-7H3/t15-,17-,18+/m1/s1. The molecular formula is C22H32BNO5. The van der Waals surface area contributed by atoms with Crippen molar-refractivity contribution in [1.29, 1.82) is 0 Å². The Morgan fingerprint density at radius 3 is 2.14 bits per heavy atom. The molecule has 158 valence electrons. The fraction of sp³-hybridized carbons (Fsp3) is 0.636. The van der Waals surface area contributed by atoms with Crippen LogP contribution in [0.5, 0.6) is 0 Å². The van der Waals surface area contributed by atoms with E-state index in [-0.39, 0.29) is 30.3 Å². The van der Waals surface area contributed by atoms with E-state index in [1.807, 2.05) is 78.8 Å². The fourth-order valence-corrected chi connectivity index (χ4v) is 3.95. The van der Waals surface area contributed by atoms with Gasteiger partial charge in [-0.2, -0.15) is 0 Å². The molecular weight excluding hydrogens is 369 g/mol. The Kier molecular flexibility index (Phi) is 5.85. The molecule has 2 fully saturated rings. The zero-order chi connectivity index (χ0) is 21.6. The molecule has 0 unspecified atom stereocenters. The van der Waals surface area contributed by atoms with Gasteiger partial charge in [-0.15, -0.1) is 0 Å². The molecule has 0 saturated carbocycles. The number of benzene rings is 1. The van der Waals surface area contributed by atoms with E-state index in [4.69, 9.17) is 14.0 Å². The Hall–Kier alpha value is -1.86. The minimum Gasteiger partial charge on any atom is -0.447 e. The zero-order valence-corrected chi connectivity index (χ0v) is 18.5. The lowest BCUT2D eigenvalue weighted by molar-refractivity contribution is -0.133. The van der Waals surface area contributed by atoms with E-state index >= 15 is 0 Å². The number of hydrogen-bond acceptors (Lipinski definition) is 5. The number of nitrogens with zero attached hydrogens (tertiary/aromatic N) is 1. The molecule has 3 rings (SSSR count). The van der Waals surface area contributed by atoms with Gasteiger partial charge in [0.05, 0.1) is 17.2 Å². The van der Waals surface area contributed by atoms with Gasteiger partial charge in [0.2, 0.25) is 5.91 Å². The smallest absolute Gasteiger partial charge is 0.447 e. The molecule has 0 spiro atoms. The van der Waals surface area contributed by atoms with Gasteiger partial charge >= 0.3 is 13.2 Å². The second kappa shape index (κ2) is 7.76. The molecule has 3 atom stereocenters. The molecule has 0 aromatic heterocycles. The quantitative estimate of drug-likeness (QED) is 0.697. The van der Waals surface area contributed by atoms with Gasteiger partial charge in [0.1, 0.15) is 6.61 Å². The van der Waals surface area contributed by atoms with E-state index in [0.717, 1.165) is 5.56 Å². The van der Waals surface area contributed by atoms with Crippen LogP contribution in [0.3, 0.4) is 0 Å².